The molecule has 1 heterocycles. The van der Waals surface area contributed by atoms with E-state index in [4.69, 9.17) is 10.5 Å². The number of likely N-dealkylation sites (N-methyl/N-ethyl adjacent to an activating group) is 1. The van der Waals surface area contributed by atoms with Gasteiger partial charge in [0.15, 0.2) is 0 Å². The molecule has 2 N–H and O–H groups in total. The molecule has 108 valence electrons. The van der Waals surface area contributed by atoms with Crippen LogP contribution in [0.3, 0.4) is 0 Å². The summed E-state index contributed by atoms with van der Waals surface area (Å²) in [4.78, 5) is 16.4. The van der Waals surface area contributed by atoms with Crippen LogP contribution in [0.1, 0.15) is 35.6 Å². The number of hydrogen-bond donors (Lipinski definition) is 1. The van der Waals surface area contributed by atoms with E-state index in [1.807, 2.05) is 14.0 Å². The molecule has 0 spiro atoms. The third kappa shape index (κ3) is 4.60. The zero-order valence-electron chi connectivity index (χ0n) is 12.2. The van der Waals surface area contributed by atoms with Gasteiger partial charge in [0.05, 0.1) is 12.1 Å². The first kappa shape index (κ1) is 16.1. The van der Waals surface area contributed by atoms with Crippen molar-refractivity contribution in [1.29, 1.82) is 0 Å². The van der Waals surface area contributed by atoms with E-state index in [2.05, 4.69) is 19.1 Å². The van der Waals surface area contributed by atoms with E-state index < -0.39 is 6.04 Å². The van der Waals surface area contributed by atoms with Crippen molar-refractivity contribution in [3.05, 3.63) is 21.9 Å². The molecule has 2 unspecified atom stereocenters. The van der Waals surface area contributed by atoms with Crippen molar-refractivity contribution in [1.82, 2.24) is 4.90 Å². The zero-order chi connectivity index (χ0) is 14.4. The lowest BCUT2D eigenvalue weighted by Crippen LogP contribution is -2.42. The van der Waals surface area contributed by atoms with Gasteiger partial charge in [-0.1, -0.05) is 0 Å². The molecule has 19 heavy (non-hydrogen) atoms. The monoisotopic (exact) mass is 284 g/mol. The maximum atomic E-state index is 12.2. The predicted molar refractivity (Wildman–Crippen MR) is 79.3 cm³/mol. The maximum absolute atomic E-state index is 12.2. The second kappa shape index (κ2) is 7.62. The Morgan fingerprint density at radius 1 is 1.53 bits per heavy atom. The molecule has 1 aromatic rings. The van der Waals surface area contributed by atoms with Gasteiger partial charge in [0.1, 0.15) is 0 Å². The fourth-order valence-electron chi connectivity index (χ4n) is 1.89. The van der Waals surface area contributed by atoms with Gasteiger partial charge in [-0.25, -0.2) is 0 Å². The number of nitrogens with two attached hydrogens (primary N) is 1. The van der Waals surface area contributed by atoms with E-state index in [0.717, 1.165) is 6.42 Å². The number of hydrogen-bond acceptors (Lipinski definition) is 4. The molecule has 0 aliphatic heterocycles. The Morgan fingerprint density at radius 2 is 2.21 bits per heavy atom. The summed E-state index contributed by atoms with van der Waals surface area (Å²) in [6.45, 7) is 4.74. The third-order valence-corrected chi connectivity index (χ3v) is 4.45. The first-order chi connectivity index (χ1) is 8.97. The Hall–Kier alpha value is -0.910. The highest BCUT2D eigenvalue weighted by atomic mass is 32.1. The average molecular weight is 284 g/mol. The molecule has 0 saturated heterocycles. The van der Waals surface area contributed by atoms with Gasteiger partial charge >= 0.3 is 0 Å². The van der Waals surface area contributed by atoms with E-state index in [1.165, 1.54) is 9.75 Å². The Kier molecular flexibility index (Phi) is 6.48. The molecule has 0 saturated carbocycles. The summed E-state index contributed by atoms with van der Waals surface area (Å²) in [6.07, 6.45) is 1.47. The van der Waals surface area contributed by atoms with E-state index in [-0.39, 0.29) is 11.9 Å². The molecule has 0 aromatic carbocycles. The van der Waals surface area contributed by atoms with Gasteiger partial charge in [0.25, 0.3) is 0 Å². The number of amides is 1. The number of aryl methyl sites for hydroxylation is 1. The molecule has 0 fully saturated rings. The second-order valence-corrected chi connectivity index (χ2v) is 6.13. The number of ether oxygens (including phenoxy) is 1. The van der Waals surface area contributed by atoms with Gasteiger partial charge in [0, 0.05) is 30.5 Å². The summed E-state index contributed by atoms with van der Waals surface area (Å²) in [5.41, 5.74) is 5.94. The quantitative estimate of drug-likeness (QED) is 0.782. The van der Waals surface area contributed by atoms with Crippen LogP contribution in [0.5, 0.6) is 0 Å². The third-order valence-electron chi connectivity index (χ3n) is 3.28. The van der Waals surface area contributed by atoms with Gasteiger partial charge in [-0.05, 0) is 38.8 Å². The van der Waals surface area contributed by atoms with Crippen LogP contribution in [0.25, 0.3) is 0 Å². The number of nitrogens with zero attached hydrogens (tertiary/aromatic N) is 1. The smallest absolute Gasteiger partial charge is 0.239 e. The molecule has 1 aromatic heterocycles. The first-order valence-corrected chi connectivity index (χ1v) is 7.36. The number of thiophene rings is 1. The van der Waals surface area contributed by atoms with Crippen molar-refractivity contribution in [2.45, 2.75) is 38.8 Å². The highest BCUT2D eigenvalue weighted by Gasteiger charge is 2.23. The first-order valence-electron chi connectivity index (χ1n) is 6.55. The standard InChI is InChI=1S/C14H24N2O2S/c1-10-7-8-13(19-10)11(2)16(3)14(17)12(15)6-5-9-18-4/h7-8,11-12H,5-6,9,15H2,1-4H3. The highest BCUT2D eigenvalue weighted by Crippen LogP contribution is 2.26. The second-order valence-electron chi connectivity index (χ2n) is 4.82. The largest absolute Gasteiger partial charge is 0.385 e. The summed E-state index contributed by atoms with van der Waals surface area (Å²) in [5, 5.41) is 0. The summed E-state index contributed by atoms with van der Waals surface area (Å²) in [7, 11) is 3.47. The Labute approximate surface area is 119 Å². The fraction of sp³-hybridized carbons (Fsp3) is 0.643. The molecule has 0 radical (unpaired) electrons. The molecular weight excluding hydrogens is 260 g/mol. The summed E-state index contributed by atoms with van der Waals surface area (Å²) >= 11 is 1.72. The Morgan fingerprint density at radius 3 is 2.74 bits per heavy atom. The van der Waals surface area contributed by atoms with Crippen LogP contribution in [0, 0.1) is 6.92 Å². The van der Waals surface area contributed by atoms with Gasteiger partial charge in [0.2, 0.25) is 5.91 Å². The number of carbonyl (C=O) groups excluding carboxylic acids is 1. The normalized spacial score (nSPS) is 14.2. The highest BCUT2D eigenvalue weighted by molar-refractivity contribution is 7.12. The van der Waals surface area contributed by atoms with Crippen LogP contribution >= 0.6 is 11.3 Å². The molecular formula is C14H24N2O2S. The lowest BCUT2D eigenvalue weighted by molar-refractivity contribution is -0.133. The van der Waals surface area contributed by atoms with E-state index in [1.54, 1.807) is 23.3 Å². The van der Waals surface area contributed by atoms with Crippen molar-refractivity contribution >= 4 is 17.2 Å². The van der Waals surface area contributed by atoms with Crippen LogP contribution in [0.4, 0.5) is 0 Å². The van der Waals surface area contributed by atoms with Gasteiger partial charge < -0.3 is 15.4 Å². The van der Waals surface area contributed by atoms with Crippen molar-refractivity contribution in [2.24, 2.45) is 5.73 Å². The van der Waals surface area contributed by atoms with Crippen LogP contribution in [0.15, 0.2) is 12.1 Å². The summed E-state index contributed by atoms with van der Waals surface area (Å²) in [5.74, 6) is -0.00495. The van der Waals surface area contributed by atoms with Gasteiger partial charge in [-0.3, -0.25) is 4.79 Å². The molecule has 5 heteroatoms. The van der Waals surface area contributed by atoms with E-state index in [9.17, 15) is 4.79 Å². The van der Waals surface area contributed by atoms with E-state index in [0.29, 0.717) is 13.0 Å². The van der Waals surface area contributed by atoms with Crippen molar-refractivity contribution in [3.63, 3.8) is 0 Å². The number of rotatable bonds is 7. The minimum atomic E-state index is -0.441. The lowest BCUT2D eigenvalue weighted by Gasteiger charge is -2.27. The Bertz CT molecular complexity index is 406. The van der Waals surface area contributed by atoms with Gasteiger partial charge in [-0.2, -0.15) is 0 Å². The van der Waals surface area contributed by atoms with Crippen LogP contribution in [-0.2, 0) is 9.53 Å². The maximum Gasteiger partial charge on any atom is 0.239 e. The Balaban J connectivity index is 2.55. The molecule has 0 aliphatic carbocycles. The molecule has 0 aliphatic rings. The lowest BCUT2D eigenvalue weighted by atomic mass is 10.1. The number of methoxy groups -OCH3 is 1. The summed E-state index contributed by atoms with van der Waals surface area (Å²) in [6, 6.07) is 3.78. The molecule has 1 amide bonds. The molecule has 2 atom stereocenters. The van der Waals surface area contributed by atoms with Crippen molar-refractivity contribution in [2.75, 3.05) is 20.8 Å². The molecule has 0 bridgehead atoms. The summed E-state index contributed by atoms with van der Waals surface area (Å²) < 4.78 is 4.97. The molecule has 4 nitrogen and oxygen atoms in total. The topological polar surface area (TPSA) is 55.6 Å². The van der Waals surface area contributed by atoms with Crippen molar-refractivity contribution in [3.8, 4) is 0 Å². The number of carbonyl (C=O) groups is 1. The van der Waals surface area contributed by atoms with Crippen LogP contribution in [-0.4, -0.2) is 37.6 Å². The minimum Gasteiger partial charge on any atom is -0.385 e. The van der Waals surface area contributed by atoms with Crippen LogP contribution < -0.4 is 5.73 Å². The molecule has 1 rings (SSSR count). The zero-order valence-corrected chi connectivity index (χ0v) is 13.0. The van der Waals surface area contributed by atoms with E-state index >= 15 is 0 Å². The fourth-order valence-corrected chi connectivity index (χ4v) is 2.86. The average Bonchev–Trinajstić information content (AvgIpc) is 2.83. The van der Waals surface area contributed by atoms with Gasteiger partial charge in [-0.15, -0.1) is 11.3 Å². The minimum absolute atomic E-state index is 0.00495. The van der Waals surface area contributed by atoms with Crippen LogP contribution in [0.2, 0.25) is 0 Å². The SMILES string of the molecule is COCCCC(N)C(=O)N(C)C(C)c1ccc(C)s1. The van der Waals surface area contributed by atoms with Crippen molar-refractivity contribution < 1.29 is 9.53 Å². The predicted octanol–water partition coefficient (Wildman–Crippen LogP) is 2.33.